The SMILES string of the molecule is CC(=O)NNCc1ccc(N(C)C)cc1. The highest BCUT2D eigenvalue weighted by molar-refractivity contribution is 5.72. The van der Waals surface area contributed by atoms with Gasteiger partial charge in [-0.1, -0.05) is 12.1 Å². The number of nitrogens with zero attached hydrogens (tertiary/aromatic N) is 1. The van der Waals surface area contributed by atoms with Crippen molar-refractivity contribution in [2.24, 2.45) is 0 Å². The van der Waals surface area contributed by atoms with Crippen molar-refractivity contribution in [3.63, 3.8) is 0 Å². The molecule has 1 aromatic carbocycles. The number of amides is 1. The molecule has 4 heteroatoms. The van der Waals surface area contributed by atoms with Gasteiger partial charge >= 0.3 is 0 Å². The van der Waals surface area contributed by atoms with Crippen molar-refractivity contribution in [1.29, 1.82) is 0 Å². The predicted molar refractivity (Wildman–Crippen MR) is 61.4 cm³/mol. The van der Waals surface area contributed by atoms with Crippen LogP contribution >= 0.6 is 0 Å². The summed E-state index contributed by atoms with van der Waals surface area (Å²) in [7, 11) is 4.01. The molecule has 0 bridgehead atoms. The normalized spacial score (nSPS) is 9.80. The van der Waals surface area contributed by atoms with Crippen molar-refractivity contribution in [3.8, 4) is 0 Å². The first kappa shape index (κ1) is 11.5. The summed E-state index contributed by atoms with van der Waals surface area (Å²) < 4.78 is 0. The first-order chi connectivity index (χ1) is 7.09. The van der Waals surface area contributed by atoms with E-state index < -0.39 is 0 Å². The average Bonchev–Trinajstić information content (AvgIpc) is 2.18. The van der Waals surface area contributed by atoms with Crippen LogP contribution in [0.15, 0.2) is 24.3 Å². The fraction of sp³-hybridized carbons (Fsp3) is 0.364. The van der Waals surface area contributed by atoms with E-state index in [4.69, 9.17) is 0 Å². The lowest BCUT2D eigenvalue weighted by atomic mass is 10.2. The van der Waals surface area contributed by atoms with Crippen LogP contribution in [0.25, 0.3) is 0 Å². The van der Waals surface area contributed by atoms with Crippen molar-refractivity contribution >= 4 is 11.6 Å². The summed E-state index contributed by atoms with van der Waals surface area (Å²) in [6.07, 6.45) is 0. The van der Waals surface area contributed by atoms with Gasteiger partial charge in [0.1, 0.15) is 0 Å². The Hall–Kier alpha value is -1.55. The Balaban J connectivity index is 2.46. The number of anilines is 1. The highest BCUT2D eigenvalue weighted by Crippen LogP contribution is 2.11. The Kier molecular flexibility index (Phi) is 4.12. The zero-order valence-electron chi connectivity index (χ0n) is 9.37. The standard InChI is InChI=1S/C11H17N3O/c1-9(15)13-12-8-10-4-6-11(7-5-10)14(2)3/h4-7,12H,8H2,1-3H3,(H,13,15). The summed E-state index contributed by atoms with van der Waals surface area (Å²) in [4.78, 5) is 12.6. The number of hydrogen-bond acceptors (Lipinski definition) is 3. The van der Waals surface area contributed by atoms with Crippen LogP contribution in [0.1, 0.15) is 12.5 Å². The van der Waals surface area contributed by atoms with Crippen molar-refractivity contribution in [3.05, 3.63) is 29.8 Å². The first-order valence-electron chi connectivity index (χ1n) is 4.85. The number of nitrogens with one attached hydrogen (secondary N) is 2. The summed E-state index contributed by atoms with van der Waals surface area (Å²) in [6, 6.07) is 8.16. The maximum Gasteiger partial charge on any atom is 0.230 e. The van der Waals surface area contributed by atoms with Gasteiger partial charge in [0, 0.05) is 33.3 Å². The molecule has 0 unspecified atom stereocenters. The molecule has 1 amide bonds. The maximum atomic E-state index is 10.6. The summed E-state index contributed by atoms with van der Waals surface area (Å²) in [5, 5.41) is 0. The van der Waals surface area contributed by atoms with Crippen molar-refractivity contribution in [2.75, 3.05) is 19.0 Å². The minimum Gasteiger partial charge on any atom is -0.378 e. The molecule has 0 aliphatic rings. The Labute approximate surface area is 90.2 Å². The van der Waals surface area contributed by atoms with E-state index >= 15 is 0 Å². The molecule has 1 rings (SSSR count). The van der Waals surface area contributed by atoms with E-state index in [0.29, 0.717) is 6.54 Å². The van der Waals surface area contributed by atoms with Crippen LogP contribution in [0, 0.1) is 0 Å². The molecule has 0 atom stereocenters. The van der Waals surface area contributed by atoms with Crippen LogP contribution in [0.3, 0.4) is 0 Å². The maximum absolute atomic E-state index is 10.6. The Morgan fingerprint density at radius 2 is 1.87 bits per heavy atom. The molecule has 0 radical (unpaired) electrons. The monoisotopic (exact) mass is 207 g/mol. The van der Waals surface area contributed by atoms with Crippen LogP contribution in [0.5, 0.6) is 0 Å². The summed E-state index contributed by atoms with van der Waals surface area (Å²) in [5.74, 6) is -0.0834. The molecule has 82 valence electrons. The minimum atomic E-state index is -0.0834. The van der Waals surface area contributed by atoms with Crippen LogP contribution in [-0.4, -0.2) is 20.0 Å². The summed E-state index contributed by atoms with van der Waals surface area (Å²) in [6.45, 7) is 2.11. The molecule has 2 N–H and O–H groups in total. The lowest BCUT2D eigenvalue weighted by Crippen LogP contribution is -2.34. The fourth-order valence-corrected chi connectivity index (χ4v) is 1.18. The van der Waals surface area contributed by atoms with Crippen molar-refractivity contribution in [1.82, 2.24) is 10.9 Å². The largest absolute Gasteiger partial charge is 0.378 e. The van der Waals surface area contributed by atoms with E-state index in [1.165, 1.54) is 12.6 Å². The zero-order chi connectivity index (χ0) is 11.3. The van der Waals surface area contributed by atoms with E-state index in [-0.39, 0.29) is 5.91 Å². The van der Waals surface area contributed by atoms with Gasteiger partial charge in [0.15, 0.2) is 0 Å². The fourth-order valence-electron chi connectivity index (χ4n) is 1.18. The number of carbonyl (C=O) groups is 1. The molecule has 0 saturated carbocycles. The van der Waals surface area contributed by atoms with Gasteiger partial charge in [-0.2, -0.15) is 0 Å². The second-order valence-electron chi connectivity index (χ2n) is 3.60. The van der Waals surface area contributed by atoms with E-state index in [1.807, 2.05) is 43.3 Å². The number of hydrazine groups is 1. The quantitative estimate of drug-likeness (QED) is 0.721. The number of carbonyl (C=O) groups excluding carboxylic acids is 1. The van der Waals surface area contributed by atoms with E-state index in [2.05, 4.69) is 10.9 Å². The van der Waals surface area contributed by atoms with Crippen molar-refractivity contribution < 1.29 is 4.79 Å². The van der Waals surface area contributed by atoms with Crippen LogP contribution in [0.2, 0.25) is 0 Å². The predicted octanol–water partition coefficient (Wildman–Crippen LogP) is 0.893. The molecule has 0 aromatic heterocycles. The molecule has 1 aromatic rings. The molecule has 0 fully saturated rings. The second-order valence-corrected chi connectivity index (χ2v) is 3.60. The van der Waals surface area contributed by atoms with Gasteiger partial charge in [-0.25, -0.2) is 5.43 Å². The average molecular weight is 207 g/mol. The number of benzene rings is 1. The molecule has 0 saturated heterocycles. The van der Waals surface area contributed by atoms with Gasteiger partial charge in [-0.15, -0.1) is 0 Å². The molecule has 0 heterocycles. The number of rotatable bonds is 4. The molecule has 15 heavy (non-hydrogen) atoms. The molecular weight excluding hydrogens is 190 g/mol. The summed E-state index contributed by atoms with van der Waals surface area (Å²) >= 11 is 0. The Bertz CT molecular complexity index is 319. The highest BCUT2D eigenvalue weighted by Gasteiger charge is 1.96. The number of hydrogen-bond donors (Lipinski definition) is 2. The Morgan fingerprint density at radius 3 is 2.33 bits per heavy atom. The molecular formula is C11H17N3O. The van der Waals surface area contributed by atoms with E-state index in [9.17, 15) is 4.79 Å². The Morgan fingerprint density at radius 1 is 1.27 bits per heavy atom. The van der Waals surface area contributed by atoms with Crippen molar-refractivity contribution in [2.45, 2.75) is 13.5 Å². The van der Waals surface area contributed by atoms with Crippen LogP contribution in [-0.2, 0) is 11.3 Å². The first-order valence-corrected chi connectivity index (χ1v) is 4.85. The third kappa shape index (κ3) is 3.99. The summed E-state index contributed by atoms with van der Waals surface area (Å²) in [5.41, 5.74) is 7.67. The van der Waals surface area contributed by atoms with E-state index in [0.717, 1.165) is 5.56 Å². The van der Waals surface area contributed by atoms with Gasteiger partial charge in [0.2, 0.25) is 5.91 Å². The third-order valence-corrected chi connectivity index (χ3v) is 2.01. The second kappa shape index (κ2) is 5.36. The molecule has 0 spiro atoms. The molecule has 0 aliphatic carbocycles. The smallest absolute Gasteiger partial charge is 0.230 e. The van der Waals surface area contributed by atoms with Gasteiger partial charge in [0.25, 0.3) is 0 Å². The zero-order valence-corrected chi connectivity index (χ0v) is 9.37. The third-order valence-electron chi connectivity index (χ3n) is 2.01. The lowest BCUT2D eigenvalue weighted by Gasteiger charge is -2.12. The van der Waals surface area contributed by atoms with Gasteiger partial charge < -0.3 is 4.90 Å². The van der Waals surface area contributed by atoms with Gasteiger partial charge in [0.05, 0.1) is 0 Å². The molecule has 4 nitrogen and oxygen atoms in total. The topological polar surface area (TPSA) is 44.4 Å². The van der Waals surface area contributed by atoms with Gasteiger partial charge in [-0.3, -0.25) is 10.2 Å². The van der Waals surface area contributed by atoms with Crippen LogP contribution < -0.4 is 15.8 Å². The minimum absolute atomic E-state index is 0.0834. The highest BCUT2D eigenvalue weighted by atomic mass is 16.2. The molecule has 0 aliphatic heterocycles. The van der Waals surface area contributed by atoms with Crippen LogP contribution in [0.4, 0.5) is 5.69 Å². The van der Waals surface area contributed by atoms with Gasteiger partial charge in [-0.05, 0) is 17.7 Å². The lowest BCUT2D eigenvalue weighted by molar-refractivity contribution is -0.119. The van der Waals surface area contributed by atoms with E-state index in [1.54, 1.807) is 0 Å².